The number of amides is 10. The Balaban J connectivity index is 1.07. The first kappa shape index (κ1) is 81.5. The van der Waals surface area contributed by atoms with E-state index < -0.39 is 132 Å². The van der Waals surface area contributed by atoms with Crippen LogP contribution in [-0.4, -0.2) is 222 Å². The molecule has 0 saturated carbocycles. The van der Waals surface area contributed by atoms with Crippen molar-refractivity contribution in [2.75, 3.05) is 53.4 Å². The normalized spacial score (nSPS) is 21.5. The second kappa shape index (κ2) is 38.3. The van der Waals surface area contributed by atoms with Crippen LogP contribution in [0.25, 0.3) is 0 Å². The molecule has 6 aromatic rings. The SMILES string of the molecule is CCN(CC)C(=O)[C@@H]1Cc2ccc(cc2)OCc2cn(nn2)[C@H]2C[C@@H](C(=O)N[C@@H](Cc3ccccc3)C(=O)N[C@H](C(=O)N(CC)CC)Cc3ccc(cc3)OCc3cn(nn3)[C@H]3C[C@@H](C(=O)N[C@@H](Cc4ccccc4)C(=O)N1)N(C(=O)[C@@H](NC(=O)[C@H](C)NC)C(C)C)C3)N(C(=O)[C@@H](NC(=O)[C@H](C)NC)C(C)C)C2. The van der Waals surface area contributed by atoms with Crippen molar-refractivity contribution >= 4 is 59.1 Å². The van der Waals surface area contributed by atoms with E-state index in [1.54, 1.807) is 136 Å². The summed E-state index contributed by atoms with van der Waals surface area (Å²) in [5.74, 6) is -5.18. The van der Waals surface area contributed by atoms with Crippen molar-refractivity contribution < 1.29 is 57.4 Å². The lowest BCUT2D eigenvalue weighted by atomic mass is 10.0. The third kappa shape index (κ3) is 21.0. The number of hydrogen-bond donors (Lipinski definition) is 8. The second-order valence-electron chi connectivity index (χ2n) is 28.6. The number of carbonyl (C=O) groups is 10. The number of ether oxygens (including phenoxy) is 2. The van der Waals surface area contributed by atoms with Gasteiger partial charge in [0.15, 0.2) is 0 Å². The van der Waals surface area contributed by atoms with Gasteiger partial charge >= 0.3 is 0 Å². The average Bonchev–Trinajstić information content (AvgIpc) is 1.64. The van der Waals surface area contributed by atoms with Crippen molar-refractivity contribution in [1.82, 2.24) is 92.1 Å². The predicted molar refractivity (Wildman–Crippen MR) is 402 cm³/mol. The third-order valence-corrected chi connectivity index (χ3v) is 20.4. The molecular weight excluding hydrogens is 1380 g/mol. The van der Waals surface area contributed by atoms with Crippen LogP contribution in [-0.2, 0) is 86.8 Å². The highest BCUT2D eigenvalue weighted by Crippen LogP contribution is 2.32. The largest absolute Gasteiger partial charge is 0.487 e. The monoisotopic (exact) mass is 1490 g/mol. The molecule has 8 heterocycles. The van der Waals surface area contributed by atoms with Gasteiger partial charge < -0.3 is 71.6 Å². The number of likely N-dealkylation sites (N-methyl/N-ethyl adjacent to an activating group) is 4. The molecule has 0 unspecified atom stereocenters. The van der Waals surface area contributed by atoms with Crippen molar-refractivity contribution in [3.05, 3.63) is 155 Å². The number of carbonyl (C=O) groups excluding carboxylic acids is 10. The highest BCUT2D eigenvalue weighted by atomic mass is 16.5. The Labute approximate surface area is 631 Å². The van der Waals surface area contributed by atoms with Crippen molar-refractivity contribution in [1.29, 1.82) is 0 Å². The van der Waals surface area contributed by atoms with Crippen molar-refractivity contribution in [2.24, 2.45) is 11.8 Å². The van der Waals surface area contributed by atoms with Gasteiger partial charge in [0.05, 0.1) is 36.6 Å². The standard InChI is InChI=1S/C78H106N18O12/c1-13-91(14-2)75(103)63-37-53-27-31-59(32-28-53)107-45-55-41-96(89-87-55)58-40-66(94(44-58)78(106)68(48(7)8)86-70(98)50(10)80-12)74(102)82-62(36-52-25-21-18-22-26-52)72(100)84-64(76(104)92(15-3)16-4)38-54-29-33-60(34-30-54)108-46-56-42-95(90-88-56)57-39-65(73(101)81-61(71(99)83-63)35-51-23-19-17-20-24-51)93(43-57)77(105)67(47(5)6)85-69(97)49(9)79-11/h17-34,41-42,47-50,57-58,61-68,79-80H,13-16,35-40,43-46H2,1-12H3,(H,81,101)(H,82,102)(H,83,99)(H,84,100)(H,85,97)(H,86,98)/t49-,50-,57-,58-,61-,62-,63-,64-,65-,66-,67-,68-/m0/s1. The van der Waals surface area contributed by atoms with Gasteiger partial charge in [-0.15, -0.1) is 10.2 Å². The minimum absolute atomic E-state index is 0.00813. The lowest BCUT2D eigenvalue weighted by Gasteiger charge is -2.32. The van der Waals surface area contributed by atoms with Gasteiger partial charge in [-0.1, -0.05) is 123 Å². The summed E-state index contributed by atoms with van der Waals surface area (Å²) in [5.41, 5.74) is 3.54. The minimum Gasteiger partial charge on any atom is -0.487 e. The highest BCUT2D eigenvalue weighted by Gasteiger charge is 2.47. The van der Waals surface area contributed by atoms with Crippen molar-refractivity contribution in [2.45, 2.75) is 193 Å². The second-order valence-corrected chi connectivity index (χ2v) is 28.6. The Hall–Kier alpha value is -10.6. The topological polar surface area (TPSA) is 360 Å². The van der Waals surface area contributed by atoms with Crippen LogP contribution in [0.15, 0.2) is 122 Å². The van der Waals surface area contributed by atoms with Gasteiger partial charge in [-0.2, -0.15) is 0 Å². The van der Waals surface area contributed by atoms with E-state index in [0.29, 0.717) is 71.3 Å². The first-order valence-electron chi connectivity index (χ1n) is 37.5. The zero-order valence-electron chi connectivity index (χ0n) is 63.9. The lowest BCUT2D eigenvalue weighted by Crippen LogP contribution is -2.59. The Kier molecular flexibility index (Phi) is 28.9. The summed E-state index contributed by atoms with van der Waals surface area (Å²) >= 11 is 0. The van der Waals surface area contributed by atoms with Crippen LogP contribution in [0.1, 0.15) is 128 Å². The van der Waals surface area contributed by atoms with E-state index in [1.165, 1.54) is 9.80 Å². The molecule has 2 aromatic heterocycles. The Bertz CT molecular complexity index is 3780. The number of nitrogens with zero attached hydrogens (tertiary/aromatic N) is 10. The molecule has 12 atom stereocenters. The molecule has 4 aromatic carbocycles. The summed E-state index contributed by atoms with van der Waals surface area (Å²) in [7, 11) is 3.26. The van der Waals surface area contributed by atoms with Gasteiger partial charge in [-0.3, -0.25) is 47.9 Å². The first-order valence-corrected chi connectivity index (χ1v) is 37.5. The summed E-state index contributed by atoms with van der Waals surface area (Å²) in [6, 6.07) is 20.4. The average molecular weight is 1490 g/mol. The van der Waals surface area contributed by atoms with Crippen molar-refractivity contribution in [3.8, 4) is 11.5 Å². The molecule has 6 aliphatic heterocycles. The lowest BCUT2D eigenvalue weighted by molar-refractivity contribution is -0.143. The van der Waals surface area contributed by atoms with E-state index in [1.807, 2.05) is 88.4 Å². The molecule has 8 N–H and O–H groups in total. The maximum atomic E-state index is 15.3. The van der Waals surface area contributed by atoms with Crippen LogP contribution < -0.4 is 52.0 Å². The number of likely N-dealkylation sites (tertiary alicyclic amines) is 2. The van der Waals surface area contributed by atoms with Crippen LogP contribution in [0.2, 0.25) is 0 Å². The molecule has 2 fully saturated rings. The molecule has 0 radical (unpaired) electrons. The smallest absolute Gasteiger partial charge is 0.246 e. The fourth-order valence-electron chi connectivity index (χ4n) is 13.7. The summed E-state index contributed by atoms with van der Waals surface area (Å²) in [6.07, 6.45) is 3.48. The molecular formula is C78H106N18O12. The highest BCUT2D eigenvalue weighted by molar-refractivity contribution is 5.98. The fourth-order valence-corrected chi connectivity index (χ4v) is 13.7. The van der Waals surface area contributed by atoms with Gasteiger partial charge in [0.1, 0.15) is 84.4 Å². The molecule has 12 rings (SSSR count). The van der Waals surface area contributed by atoms with Gasteiger partial charge in [-0.05, 0) is 114 Å². The number of aromatic nitrogens is 6. The summed E-state index contributed by atoms with van der Waals surface area (Å²) in [6.45, 7) is 19.1. The molecule has 30 heteroatoms. The number of hydrogen-bond acceptors (Lipinski definition) is 18. The van der Waals surface area contributed by atoms with E-state index in [2.05, 4.69) is 63.2 Å². The first-order chi connectivity index (χ1) is 51.8. The van der Waals surface area contributed by atoms with Gasteiger partial charge in [-0.25, -0.2) is 9.36 Å². The summed E-state index contributed by atoms with van der Waals surface area (Å²) in [5, 5.41) is 41.4. The molecule has 6 aliphatic rings. The molecule has 0 spiro atoms. The Morgan fingerprint density at radius 1 is 0.491 bits per heavy atom. The van der Waals surface area contributed by atoms with Gasteiger partial charge in [0.25, 0.3) is 0 Å². The number of rotatable bonds is 20. The molecule has 2 saturated heterocycles. The fraction of sp³-hybridized carbons (Fsp3) is 0.513. The third-order valence-electron chi connectivity index (χ3n) is 20.4. The number of nitrogens with one attached hydrogen (secondary N) is 8. The molecule has 12 bridgehead atoms. The maximum absolute atomic E-state index is 15.3. The Morgan fingerprint density at radius 2 is 0.843 bits per heavy atom. The molecule has 30 nitrogen and oxygen atoms in total. The zero-order valence-corrected chi connectivity index (χ0v) is 63.9. The van der Waals surface area contributed by atoms with E-state index in [-0.39, 0.29) is 76.6 Å². The Morgan fingerprint density at radius 3 is 1.17 bits per heavy atom. The van der Waals surface area contributed by atoms with Crippen molar-refractivity contribution in [3.63, 3.8) is 0 Å². The van der Waals surface area contributed by atoms with E-state index in [9.17, 15) is 19.2 Å². The minimum atomic E-state index is -1.27. The van der Waals surface area contributed by atoms with Gasteiger partial charge in [0.2, 0.25) is 59.1 Å². The zero-order chi connectivity index (χ0) is 77.9. The van der Waals surface area contributed by atoms with Gasteiger partial charge in [0, 0.05) is 77.8 Å². The molecule has 0 aliphatic carbocycles. The quantitative estimate of drug-likeness (QED) is 0.0545. The van der Waals surface area contributed by atoms with Crippen LogP contribution >= 0.6 is 0 Å². The van der Waals surface area contributed by atoms with E-state index in [0.717, 1.165) is 0 Å². The molecule has 10 amide bonds. The van der Waals surface area contributed by atoms with E-state index in [4.69, 9.17) is 9.47 Å². The molecule has 108 heavy (non-hydrogen) atoms. The maximum Gasteiger partial charge on any atom is 0.246 e. The van der Waals surface area contributed by atoms with Crippen LogP contribution in [0.4, 0.5) is 0 Å². The van der Waals surface area contributed by atoms with Crippen LogP contribution in [0, 0.1) is 11.8 Å². The van der Waals surface area contributed by atoms with E-state index >= 15 is 28.8 Å². The molecule has 580 valence electrons. The number of benzene rings is 4. The summed E-state index contributed by atoms with van der Waals surface area (Å²) < 4.78 is 15.7. The predicted octanol–water partition coefficient (Wildman–Crippen LogP) is 2.77. The van der Waals surface area contributed by atoms with Crippen LogP contribution in [0.5, 0.6) is 11.5 Å². The summed E-state index contributed by atoms with van der Waals surface area (Å²) in [4.78, 5) is 153. The van der Waals surface area contributed by atoms with Crippen LogP contribution in [0.3, 0.4) is 0 Å².